The third-order valence-electron chi connectivity index (χ3n) is 2.71. The molecule has 0 aliphatic heterocycles. The lowest BCUT2D eigenvalue weighted by atomic mass is 10.0. The molecule has 0 aliphatic carbocycles. The Morgan fingerprint density at radius 1 is 1.11 bits per heavy atom. The molecule has 0 N–H and O–H groups in total. The summed E-state index contributed by atoms with van der Waals surface area (Å²) in [6.07, 6.45) is 3.77. The van der Waals surface area contributed by atoms with E-state index in [1.807, 2.05) is 6.92 Å². The molecule has 0 atom stereocenters. The topological polar surface area (TPSA) is 42.9 Å². The molecular formula is C15H13FN2O. The second-order valence-corrected chi connectivity index (χ2v) is 4.12. The summed E-state index contributed by atoms with van der Waals surface area (Å²) in [6.45, 7) is 3.65. The Balaban J connectivity index is 2.63. The SMILES string of the molecule is Cc1nc(C)c(C=CC=O)c(-c2ccc(F)cc2)n1. The van der Waals surface area contributed by atoms with Crippen molar-refractivity contribution in [2.24, 2.45) is 0 Å². The number of allylic oxidation sites excluding steroid dienone is 1. The molecule has 4 heteroatoms. The van der Waals surface area contributed by atoms with Crippen LogP contribution >= 0.6 is 0 Å². The first-order chi connectivity index (χ1) is 9.11. The molecular weight excluding hydrogens is 243 g/mol. The van der Waals surface area contributed by atoms with E-state index < -0.39 is 0 Å². The van der Waals surface area contributed by atoms with Gasteiger partial charge in [-0.15, -0.1) is 0 Å². The van der Waals surface area contributed by atoms with E-state index in [1.165, 1.54) is 18.2 Å². The quantitative estimate of drug-likeness (QED) is 0.626. The average Bonchev–Trinajstić information content (AvgIpc) is 2.38. The second kappa shape index (κ2) is 5.52. The average molecular weight is 256 g/mol. The van der Waals surface area contributed by atoms with Crippen molar-refractivity contribution in [3.8, 4) is 11.3 Å². The van der Waals surface area contributed by atoms with Crippen molar-refractivity contribution >= 4 is 12.4 Å². The summed E-state index contributed by atoms with van der Waals surface area (Å²) in [4.78, 5) is 19.1. The number of benzene rings is 1. The molecule has 1 heterocycles. The smallest absolute Gasteiger partial charge is 0.142 e. The van der Waals surface area contributed by atoms with Gasteiger partial charge in [-0.25, -0.2) is 14.4 Å². The van der Waals surface area contributed by atoms with Crippen LogP contribution in [0.1, 0.15) is 17.1 Å². The highest BCUT2D eigenvalue weighted by Crippen LogP contribution is 2.25. The van der Waals surface area contributed by atoms with Crippen LogP contribution < -0.4 is 0 Å². The number of halogens is 1. The Labute approximate surface area is 110 Å². The summed E-state index contributed by atoms with van der Waals surface area (Å²) in [5.74, 6) is 0.344. The third-order valence-corrected chi connectivity index (χ3v) is 2.71. The Hall–Kier alpha value is -2.36. The van der Waals surface area contributed by atoms with Gasteiger partial charge in [0.05, 0.1) is 5.69 Å². The minimum absolute atomic E-state index is 0.295. The van der Waals surface area contributed by atoms with Crippen LogP contribution in [0.15, 0.2) is 30.3 Å². The molecule has 0 unspecified atom stereocenters. The van der Waals surface area contributed by atoms with Crippen LogP contribution in [0.25, 0.3) is 17.3 Å². The lowest BCUT2D eigenvalue weighted by Crippen LogP contribution is -1.99. The number of carbonyl (C=O) groups is 1. The zero-order valence-electron chi connectivity index (χ0n) is 10.7. The summed E-state index contributed by atoms with van der Waals surface area (Å²) in [7, 11) is 0. The van der Waals surface area contributed by atoms with Crippen LogP contribution in [0.5, 0.6) is 0 Å². The molecule has 3 nitrogen and oxygen atoms in total. The number of rotatable bonds is 3. The van der Waals surface area contributed by atoms with Gasteiger partial charge < -0.3 is 0 Å². The van der Waals surface area contributed by atoms with E-state index in [9.17, 15) is 9.18 Å². The third kappa shape index (κ3) is 2.91. The molecule has 0 bridgehead atoms. The van der Waals surface area contributed by atoms with Gasteiger partial charge in [-0.05, 0) is 50.3 Å². The highest BCUT2D eigenvalue weighted by molar-refractivity contribution is 5.80. The molecule has 0 saturated heterocycles. The summed E-state index contributed by atoms with van der Waals surface area (Å²) < 4.78 is 13.0. The Morgan fingerprint density at radius 3 is 2.42 bits per heavy atom. The summed E-state index contributed by atoms with van der Waals surface area (Å²) >= 11 is 0. The largest absolute Gasteiger partial charge is 0.299 e. The molecule has 1 aromatic carbocycles. The number of hydrogen-bond acceptors (Lipinski definition) is 3. The second-order valence-electron chi connectivity index (χ2n) is 4.12. The summed E-state index contributed by atoms with van der Waals surface area (Å²) in [6, 6.07) is 6.09. The molecule has 2 rings (SSSR count). The standard InChI is InChI=1S/C15H13FN2O/c1-10-14(4-3-9-19)15(18-11(2)17-10)12-5-7-13(16)8-6-12/h3-9H,1-2H3. The van der Waals surface area contributed by atoms with Gasteiger partial charge >= 0.3 is 0 Å². The van der Waals surface area contributed by atoms with Crippen LogP contribution in [0.2, 0.25) is 0 Å². The van der Waals surface area contributed by atoms with Crippen molar-refractivity contribution in [3.63, 3.8) is 0 Å². The van der Waals surface area contributed by atoms with Crippen molar-refractivity contribution in [2.75, 3.05) is 0 Å². The van der Waals surface area contributed by atoms with Crippen LogP contribution in [0.3, 0.4) is 0 Å². The number of carbonyl (C=O) groups excluding carboxylic acids is 1. The normalized spacial score (nSPS) is 10.9. The maximum Gasteiger partial charge on any atom is 0.142 e. The van der Waals surface area contributed by atoms with Crippen molar-refractivity contribution < 1.29 is 9.18 Å². The van der Waals surface area contributed by atoms with Crippen molar-refractivity contribution in [3.05, 3.63) is 53.2 Å². The van der Waals surface area contributed by atoms with Crippen molar-refractivity contribution in [1.29, 1.82) is 0 Å². The zero-order valence-corrected chi connectivity index (χ0v) is 10.7. The minimum atomic E-state index is -0.295. The number of aldehydes is 1. The molecule has 0 radical (unpaired) electrons. The molecule has 0 aliphatic rings. The van der Waals surface area contributed by atoms with Gasteiger partial charge in [0, 0.05) is 16.8 Å². The predicted octanol–water partition coefficient (Wildman–Crippen LogP) is 3.11. The minimum Gasteiger partial charge on any atom is -0.299 e. The Kier molecular flexibility index (Phi) is 3.80. The van der Waals surface area contributed by atoms with E-state index in [-0.39, 0.29) is 5.82 Å². The number of hydrogen-bond donors (Lipinski definition) is 0. The first kappa shape index (κ1) is 13.1. The molecule has 1 aromatic heterocycles. The van der Waals surface area contributed by atoms with E-state index in [2.05, 4.69) is 9.97 Å². The van der Waals surface area contributed by atoms with Crippen molar-refractivity contribution in [1.82, 2.24) is 9.97 Å². The number of aryl methyl sites for hydroxylation is 2. The van der Waals surface area contributed by atoms with Gasteiger partial charge in [0.2, 0.25) is 0 Å². The molecule has 0 amide bonds. The van der Waals surface area contributed by atoms with Gasteiger partial charge in [-0.3, -0.25) is 4.79 Å². The molecule has 2 aromatic rings. The first-order valence-corrected chi connectivity index (χ1v) is 5.85. The van der Waals surface area contributed by atoms with Crippen molar-refractivity contribution in [2.45, 2.75) is 13.8 Å². The van der Waals surface area contributed by atoms with Crippen LogP contribution in [-0.4, -0.2) is 16.3 Å². The highest BCUT2D eigenvalue weighted by Gasteiger charge is 2.10. The summed E-state index contributed by atoms with van der Waals surface area (Å²) in [5.41, 5.74) is 3.04. The molecule has 19 heavy (non-hydrogen) atoms. The lowest BCUT2D eigenvalue weighted by Gasteiger charge is -2.09. The van der Waals surface area contributed by atoms with E-state index >= 15 is 0 Å². The first-order valence-electron chi connectivity index (χ1n) is 5.85. The molecule has 0 saturated carbocycles. The predicted molar refractivity (Wildman–Crippen MR) is 72.0 cm³/mol. The lowest BCUT2D eigenvalue weighted by molar-refractivity contribution is -0.104. The monoisotopic (exact) mass is 256 g/mol. The maximum atomic E-state index is 13.0. The highest BCUT2D eigenvalue weighted by atomic mass is 19.1. The molecule has 0 fully saturated rings. The maximum absolute atomic E-state index is 13.0. The fourth-order valence-electron chi connectivity index (χ4n) is 1.88. The van der Waals surface area contributed by atoms with Gasteiger partial charge in [-0.1, -0.05) is 0 Å². The number of aromatic nitrogens is 2. The van der Waals surface area contributed by atoms with E-state index in [1.54, 1.807) is 25.1 Å². The van der Waals surface area contributed by atoms with Gasteiger partial charge in [0.15, 0.2) is 0 Å². The molecule has 96 valence electrons. The van der Waals surface area contributed by atoms with Gasteiger partial charge in [0.25, 0.3) is 0 Å². The van der Waals surface area contributed by atoms with E-state index in [0.717, 1.165) is 16.8 Å². The van der Waals surface area contributed by atoms with E-state index in [4.69, 9.17) is 0 Å². The zero-order chi connectivity index (χ0) is 13.8. The summed E-state index contributed by atoms with van der Waals surface area (Å²) in [5, 5.41) is 0. The van der Waals surface area contributed by atoms with Crippen LogP contribution in [0.4, 0.5) is 4.39 Å². The van der Waals surface area contributed by atoms with Crippen LogP contribution in [0, 0.1) is 19.7 Å². The van der Waals surface area contributed by atoms with Crippen LogP contribution in [-0.2, 0) is 4.79 Å². The fraction of sp³-hybridized carbons (Fsp3) is 0.133. The molecule has 0 spiro atoms. The Bertz CT molecular complexity index is 633. The Morgan fingerprint density at radius 2 is 1.79 bits per heavy atom. The van der Waals surface area contributed by atoms with E-state index in [0.29, 0.717) is 17.8 Å². The fourth-order valence-corrected chi connectivity index (χ4v) is 1.88. The van der Waals surface area contributed by atoms with Gasteiger partial charge in [0.1, 0.15) is 17.9 Å². The number of nitrogens with zero attached hydrogens (tertiary/aromatic N) is 2. The van der Waals surface area contributed by atoms with Gasteiger partial charge in [-0.2, -0.15) is 0 Å².